The number of aromatic nitrogens is 2. The van der Waals surface area contributed by atoms with E-state index in [-0.39, 0.29) is 11.4 Å². The summed E-state index contributed by atoms with van der Waals surface area (Å²) in [5.41, 5.74) is -1.89. The van der Waals surface area contributed by atoms with Gasteiger partial charge in [-0.25, -0.2) is 14.2 Å². The van der Waals surface area contributed by atoms with Gasteiger partial charge in [0.15, 0.2) is 6.61 Å². The Labute approximate surface area is 203 Å². The molecule has 2 aromatic rings. The Kier molecular flexibility index (Phi) is 9.00. The number of carbonyl (C=O) groups excluding carboxylic acids is 3. The summed E-state index contributed by atoms with van der Waals surface area (Å²) in [6.07, 6.45) is -11.1. The maximum atomic E-state index is 13.3. The van der Waals surface area contributed by atoms with E-state index in [1.165, 1.54) is 13.8 Å². The standard InChI is InChI=1S/C21H19F7N4O5/c1-10(2)15(16(34)21(26,27)28)31-14(33)8-32-17(11-3-5-12(22)6-4-11)29-7-13(18(32)35)30-19(36)37-9-20(23,24)25/h3-7,10,15H,8-9H2,1-2H3,(H,30,36)(H,31,33). The molecule has 1 heterocycles. The molecule has 0 fully saturated rings. The Morgan fingerprint density at radius 3 is 2.16 bits per heavy atom. The highest BCUT2D eigenvalue weighted by Crippen LogP contribution is 2.22. The van der Waals surface area contributed by atoms with E-state index in [0.29, 0.717) is 4.57 Å². The molecule has 2 amide bonds. The van der Waals surface area contributed by atoms with Crippen LogP contribution in [-0.4, -0.2) is 52.3 Å². The van der Waals surface area contributed by atoms with Crippen LogP contribution in [-0.2, 0) is 20.9 Å². The molecule has 1 unspecified atom stereocenters. The van der Waals surface area contributed by atoms with Crippen LogP contribution in [0.3, 0.4) is 0 Å². The number of carbonyl (C=O) groups is 3. The first-order valence-corrected chi connectivity index (χ1v) is 10.3. The van der Waals surface area contributed by atoms with E-state index < -0.39 is 72.3 Å². The lowest BCUT2D eigenvalue weighted by molar-refractivity contribution is -0.174. The third kappa shape index (κ3) is 8.28. The van der Waals surface area contributed by atoms with E-state index in [1.54, 1.807) is 5.32 Å². The summed E-state index contributed by atoms with van der Waals surface area (Å²) >= 11 is 0. The molecule has 202 valence electrons. The van der Waals surface area contributed by atoms with Crippen molar-refractivity contribution >= 4 is 23.5 Å². The number of hydrogen-bond donors (Lipinski definition) is 2. The van der Waals surface area contributed by atoms with Gasteiger partial charge in [0.1, 0.15) is 23.9 Å². The number of alkyl halides is 6. The molecule has 1 aromatic carbocycles. The molecule has 1 atom stereocenters. The van der Waals surface area contributed by atoms with Gasteiger partial charge in [-0.2, -0.15) is 26.3 Å². The fraction of sp³-hybridized carbons (Fsp3) is 0.381. The molecule has 16 heteroatoms. The Hall–Kier alpha value is -3.98. The predicted molar refractivity (Wildman–Crippen MR) is 113 cm³/mol. The topological polar surface area (TPSA) is 119 Å². The van der Waals surface area contributed by atoms with Gasteiger partial charge in [-0.1, -0.05) is 13.8 Å². The van der Waals surface area contributed by atoms with E-state index in [9.17, 15) is 49.9 Å². The van der Waals surface area contributed by atoms with Gasteiger partial charge in [-0.15, -0.1) is 0 Å². The van der Waals surface area contributed by atoms with Gasteiger partial charge < -0.3 is 10.1 Å². The normalized spacial score (nSPS) is 12.7. The predicted octanol–water partition coefficient (Wildman–Crippen LogP) is 3.43. The molecule has 1 aromatic heterocycles. The van der Waals surface area contributed by atoms with E-state index in [0.717, 1.165) is 30.5 Å². The lowest BCUT2D eigenvalue weighted by Crippen LogP contribution is -2.51. The number of amides is 2. The lowest BCUT2D eigenvalue weighted by atomic mass is 9.99. The van der Waals surface area contributed by atoms with E-state index in [1.807, 2.05) is 5.32 Å². The van der Waals surface area contributed by atoms with Crippen LogP contribution in [0.2, 0.25) is 0 Å². The first-order valence-electron chi connectivity index (χ1n) is 10.3. The third-order valence-electron chi connectivity index (χ3n) is 4.60. The Morgan fingerprint density at radius 2 is 1.65 bits per heavy atom. The van der Waals surface area contributed by atoms with Crippen LogP contribution in [0.15, 0.2) is 35.3 Å². The van der Waals surface area contributed by atoms with Crippen LogP contribution < -0.4 is 16.2 Å². The highest BCUT2D eigenvalue weighted by atomic mass is 19.4. The van der Waals surface area contributed by atoms with Crippen molar-refractivity contribution in [1.82, 2.24) is 14.9 Å². The minimum absolute atomic E-state index is 0.0595. The number of hydrogen-bond acceptors (Lipinski definition) is 6. The van der Waals surface area contributed by atoms with Gasteiger partial charge in [0.25, 0.3) is 11.3 Å². The molecule has 0 aliphatic heterocycles. The summed E-state index contributed by atoms with van der Waals surface area (Å²) < 4.78 is 93.3. The van der Waals surface area contributed by atoms with Crippen molar-refractivity contribution in [2.75, 3.05) is 11.9 Å². The lowest BCUT2D eigenvalue weighted by Gasteiger charge is -2.23. The van der Waals surface area contributed by atoms with Crippen molar-refractivity contribution in [3.63, 3.8) is 0 Å². The number of nitrogens with zero attached hydrogens (tertiary/aromatic N) is 2. The highest BCUT2D eigenvalue weighted by molar-refractivity contribution is 5.93. The number of halogens is 7. The molecule has 9 nitrogen and oxygen atoms in total. The Morgan fingerprint density at radius 1 is 1.05 bits per heavy atom. The molecule has 2 rings (SSSR count). The number of rotatable bonds is 8. The SMILES string of the molecule is CC(C)C(NC(=O)Cn1c(-c2ccc(F)cc2)ncc(NC(=O)OCC(F)(F)F)c1=O)C(=O)C(F)(F)F. The molecule has 0 radical (unpaired) electrons. The summed E-state index contributed by atoms with van der Waals surface area (Å²) in [5, 5.41) is 3.62. The number of nitrogens with one attached hydrogen (secondary N) is 2. The monoisotopic (exact) mass is 540 g/mol. The van der Waals surface area contributed by atoms with Crippen molar-refractivity contribution in [1.29, 1.82) is 0 Å². The van der Waals surface area contributed by atoms with Gasteiger partial charge in [-0.3, -0.25) is 24.3 Å². The molecule has 0 bridgehead atoms. The van der Waals surface area contributed by atoms with Crippen molar-refractivity contribution in [2.24, 2.45) is 5.92 Å². The maximum Gasteiger partial charge on any atom is 0.452 e. The molecule has 2 N–H and O–H groups in total. The van der Waals surface area contributed by atoms with Gasteiger partial charge >= 0.3 is 18.4 Å². The van der Waals surface area contributed by atoms with E-state index in [2.05, 4.69) is 9.72 Å². The van der Waals surface area contributed by atoms with Crippen LogP contribution >= 0.6 is 0 Å². The number of anilines is 1. The largest absolute Gasteiger partial charge is 0.452 e. The smallest absolute Gasteiger partial charge is 0.440 e. The first-order chi connectivity index (χ1) is 17.0. The second-order valence-electron chi connectivity index (χ2n) is 7.86. The molecular formula is C21H19F7N4O5. The van der Waals surface area contributed by atoms with Crippen molar-refractivity contribution in [3.05, 3.63) is 46.6 Å². The van der Waals surface area contributed by atoms with Gasteiger partial charge in [0, 0.05) is 5.56 Å². The molecule has 0 spiro atoms. The van der Waals surface area contributed by atoms with Gasteiger partial charge in [-0.05, 0) is 30.2 Å². The summed E-state index contributed by atoms with van der Waals surface area (Å²) in [6.45, 7) is -0.521. The zero-order chi connectivity index (χ0) is 28.1. The number of benzene rings is 1. The summed E-state index contributed by atoms with van der Waals surface area (Å²) in [4.78, 5) is 52.7. The van der Waals surface area contributed by atoms with Crippen LogP contribution in [0.25, 0.3) is 11.4 Å². The molecular weight excluding hydrogens is 521 g/mol. The van der Waals surface area contributed by atoms with Crippen molar-refractivity contribution in [3.8, 4) is 11.4 Å². The van der Waals surface area contributed by atoms with Crippen LogP contribution in [0.5, 0.6) is 0 Å². The first kappa shape index (κ1) is 29.3. The maximum absolute atomic E-state index is 13.3. The molecule has 0 aliphatic rings. The fourth-order valence-electron chi connectivity index (χ4n) is 2.92. The molecule has 0 aliphatic carbocycles. The zero-order valence-corrected chi connectivity index (χ0v) is 19.0. The van der Waals surface area contributed by atoms with Crippen LogP contribution in [0, 0.1) is 11.7 Å². The molecule has 0 saturated heterocycles. The summed E-state index contributed by atoms with van der Waals surface area (Å²) in [7, 11) is 0. The summed E-state index contributed by atoms with van der Waals surface area (Å²) in [6, 6.07) is 2.26. The van der Waals surface area contributed by atoms with Crippen LogP contribution in [0.1, 0.15) is 13.8 Å². The molecule has 37 heavy (non-hydrogen) atoms. The number of ether oxygens (including phenoxy) is 1. The highest BCUT2D eigenvalue weighted by Gasteiger charge is 2.45. The summed E-state index contributed by atoms with van der Waals surface area (Å²) in [5.74, 6) is -5.45. The van der Waals surface area contributed by atoms with Crippen molar-refractivity contribution in [2.45, 2.75) is 38.8 Å². The second-order valence-corrected chi connectivity index (χ2v) is 7.86. The van der Waals surface area contributed by atoms with Crippen LogP contribution in [0.4, 0.5) is 41.2 Å². The van der Waals surface area contributed by atoms with E-state index >= 15 is 0 Å². The Balaban J connectivity index is 2.43. The van der Waals surface area contributed by atoms with E-state index in [4.69, 9.17) is 0 Å². The molecule has 0 saturated carbocycles. The van der Waals surface area contributed by atoms with Crippen molar-refractivity contribution < 1.29 is 49.9 Å². The fourth-order valence-corrected chi connectivity index (χ4v) is 2.92. The number of Topliss-reactive ketones (excluding diaryl/α,β-unsaturated/α-hetero) is 1. The van der Waals surface area contributed by atoms with Gasteiger partial charge in [0.05, 0.1) is 12.2 Å². The zero-order valence-electron chi connectivity index (χ0n) is 19.0. The minimum atomic E-state index is -5.26. The minimum Gasteiger partial charge on any atom is -0.440 e. The van der Waals surface area contributed by atoms with Gasteiger partial charge in [0.2, 0.25) is 5.91 Å². The third-order valence-corrected chi connectivity index (χ3v) is 4.60. The quantitative estimate of drug-likeness (QED) is 0.496. The Bertz CT molecular complexity index is 1210. The average Bonchev–Trinajstić information content (AvgIpc) is 2.78. The second kappa shape index (κ2) is 11.4. The average molecular weight is 540 g/mol. The number of ketones is 1.